The van der Waals surface area contributed by atoms with E-state index in [9.17, 15) is 9.18 Å². The van der Waals surface area contributed by atoms with Crippen molar-refractivity contribution in [2.75, 3.05) is 0 Å². The van der Waals surface area contributed by atoms with Crippen molar-refractivity contribution in [3.05, 3.63) is 35.1 Å². The van der Waals surface area contributed by atoms with Gasteiger partial charge in [-0.1, -0.05) is 26.8 Å². The predicted octanol–water partition coefficient (Wildman–Crippen LogP) is 3.75. The first-order chi connectivity index (χ1) is 6.88. The summed E-state index contributed by atoms with van der Waals surface area (Å²) in [6, 6.07) is 4.74. The highest BCUT2D eigenvalue weighted by molar-refractivity contribution is 6.00. The highest BCUT2D eigenvalue weighted by atomic mass is 19.1. The van der Waals surface area contributed by atoms with Gasteiger partial charge in [0.05, 0.1) is 5.56 Å². The maximum absolute atomic E-state index is 13.5. The number of aryl methyl sites for hydroxylation is 1. The molecule has 0 aliphatic heterocycles. The molecule has 82 valence electrons. The molecule has 0 radical (unpaired) electrons. The molecule has 0 saturated carbocycles. The lowest BCUT2D eigenvalue weighted by Gasteiger charge is -2.21. The second kappa shape index (κ2) is 4.13. The van der Waals surface area contributed by atoms with Gasteiger partial charge in [0.1, 0.15) is 5.82 Å². The minimum Gasteiger partial charge on any atom is -0.293 e. The van der Waals surface area contributed by atoms with Gasteiger partial charge in [-0.05, 0) is 31.0 Å². The van der Waals surface area contributed by atoms with E-state index in [2.05, 4.69) is 0 Å². The van der Waals surface area contributed by atoms with E-state index in [4.69, 9.17) is 0 Å². The molecular formula is C13H17FO. The van der Waals surface area contributed by atoms with E-state index in [0.29, 0.717) is 6.42 Å². The molecule has 2 heteroatoms. The quantitative estimate of drug-likeness (QED) is 0.691. The van der Waals surface area contributed by atoms with E-state index in [0.717, 1.165) is 5.56 Å². The highest BCUT2D eigenvalue weighted by Gasteiger charge is 2.28. The molecule has 0 unspecified atom stereocenters. The first kappa shape index (κ1) is 11.9. The second-order valence-corrected chi connectivity index (χ2v) is 4.55. The molecule has 0 aliphatic carbocycles. The van der Waals surface area contributed by atoms with Crippen LogP contribution in [0.3, 0.4) is 0 Å². The lowest BCUT2D eigenvalue weighted by atomic mass is 9.82. The fourth-order valence-corrected chi connectivity index (χ4v) is 1.33. The normalized spacial score (nSPS) is 11.5. The summed E-state index contributed by atoms with van der Waals surface area (Å²) in [6.45, 7) is 7.43. The molecule has 15 heavy (non-hydrogen) atoms. The lowest BCUT2D eigenvalue weighted by Crippen LogP contribution is -2.24. The number of hydrogen-bond donors (Lipinski definition) is 0. The van der Waals surface area contributed by atoms with Crippen molar-refractivity contribution in [2.45, 2.75) is 34.1 Å². The van der Waals surface area contributed by atoms with Crippen LogP contribution in [-0.4, -0.2) is 5.78 Å². The summed E-state index contributed by atoms with van der Waals surface area (Å²) in [5.74, 6) is -0.538. The van der Waals surface area contributed by atoms with E-state index in [-0.39, 0.29) is 11.3 Å². The third kappa shape index (κ3) is 2.44. The van der Waals surface area contributed by atoms with Gasteiger partial charge in [-0.15, -0.1) is 0 Å². The Morgan fingerprint density at radius 2 is 2.00 bits per heavy atom. The number of hydrogen-bond acceptors (Lipinski definition) is 1. The Morgan fingerprint density at radius 1 is 1.40 bits per heavy atom. The van der Waals surface area contributed by atoms with Crippen LogP contribution in [0, 0.1) is 18.2 Å². The zero-order valence-corrected chi connectivity index (χ0v) is 9.73. The Morgan fingerprint density at radius 3 is 2.47 bits per heavy atom. The Hall–Kier alpha value is -1.18. The molecule has 0 bridgehead atoms. The van der Waals surface area contributed by atoms with Gasteiger partial charge in [-0.25, -0.2) is 4.39 Å². The van der Waals surface area contributed by atoms with Gasteiger partial charge in [0.15, 0.2) is 5.78 Å². The molecule has 1 aromatic carbocycles. The number of Topliss-reactive ketones (excluding diaryl/α,β-unsaturated/α-hetero) is 1. The summed E-state index contributed by atoms with van der Waals surface area (Å²) in [5.41, 5.74) is 0.543. The number of rotatable bonds is 3. The summed E-state index contributed by atoms with van der Waals surface area (Å²) in [6.07, 6.45) is 0.707. The zero-order chi connectivity index (χ0) is 11.6. The molecule has 1 aromatic rings. The van der Waals surface area contributed by atoms with Crippen molar-refractivity contribution in [3.8, 4) is 0 Å². The van der Waals surface area contributed by atoms with Crippen molar-refractivity contribution in [2.24, 2.45) is 5.41 Å². The van der Waals surface area contributed by atoms with Crippen LogP contribution in [0.2, 0.25) is 0 Å². The molecule has 0 aromatic heterocycles. The van der Waals surface area contributed by atoms with Gasteiger partial charge in [-0.2, -0.15) is 0 Å². The average Bonchev–Trinajstić information content (AvgIpc) is 2.17. The molecule has 0 spiro atoms. The van der Waals surface area contributed by atoms with Crippen LogP contribution < -0.4 is 0 Å². The monoisotopic (exact) mass is 208 g/mol. The minimum atomic E-state index is -0.490. The summed E-state index contributed by atoms with van der Waals surface area (Å²) < 4.78 is 13.5. The smallest absolute Gasteiger partial charge is 0.171 e. The van der Waals surface area contributed by atoms with Crippen LogP contribution in [-0.2, 0) is 0 Å². The summed E-state index contributed by atoms with van der Waals surface area (Å²) in [5, 5.41) is 0. The molecule has 0 saturated heterocycles. The standard InChI is InChI=1S/C13H17FO/c1-5-13(3,4)12(15)10-7-6-9(2)8-11(10)14/h6-8H,5H2,1-4H3. The number of benzene rings is 1. The Labute approximate surface area is 90.3 Å². The number of halogens is 1. The van der Waals surface area contributed by atoms with E-state index >= 15 is 0 Å². The van der Waals surface area contributed by atoms with Crippen molar-refractivity contribution in [1.29, 1.82) is 0 Å². The van der Waals surface area contributed by atoms with Crippen LogP contribution in [0.4, 0.5) is 4.39 Å². The van der Waals surface area contributed by atoms with Crippen LogP contribution in [0.1, 0.15) is 43.1 Å². The molecular weight excluding hydrogens is 191 g/mol. The number of ketones is 1. The van der Waals surface area contributed by atoms with Crippen LogP contribution in [0.25, 0.3) is 0 Å². The van der Waals surface area contributed by atoms with Gasteiger partial charge in [-0.3, -0.25) is 4.79 Å². The third-order valence-corrected chi connectivity index (χ3v) is 2.87. The molecule has 0 N–H and O–H groups in total. The molecule has 0 heterocycles. The van der Waals surface area contributed by atoms with Crippen LogP contribution >= 0.6 is 0 Å². The van der Waals surface area contributed by atoms with E-state index in [1.165, 1.54) is 6.07 Å². The van der Waals surface area contributed by atoms with Gasteiger partial charge >= 0.3 is 0 Å². The Balaban J connectivity index is 3.12. The first-order valence-corrected chi connectivity index (χ1v) is 5.19. The van der Waals surface area contributed by atoms with E-state index in [1.54, 1.807) is 12.1 Å². The number of carbonyl (C=O) groups is 1. The molecule has 1 rings (SSSR count). The fourth-order valence-electron chi connectivity index (χ4n) is 1.33. The van der Waals surface area contributed by atoms with E-state index in [1.807, 2.05) is 27.7 Å². The molecule has 0 amide bonds. The SMILES string of the molecule is CCC(C)(C)C(=O)c1ccc(C)cc1F. The zero-order valence-electron chi connectivity index (χ0n) is 9.73. The third-order valence-electron chi connectivity index (χ3n) is 2.87. The topological polar surface area (TPSA) is 17.1 Å². The lowest BCUT2D eigenvalue weighted by molar-refractivity contribution is 0.0828. The summed E-state index contributed by atoms with van der Waals surface area (Å²) in [7, 11) is 0. The van der Waals surface area contributed by atoms with Crippen molar-refractivity contribution in [1.82, 2.24) is 0 Å². The maximum atomic E-state index is 13.5. The van der Waals surface area contributed by atoms with Crippen LogP contribution in [0.5, 0.6) is 0 Å². The van der Waals surface area contributed by atoms with Gasteiger partial charge in [0, 0.05) is 5.41 Å². The summed E-state index contributed by atoms with van der Waals surface area (Å²) in [4.78, 5) is 12.0. The first-order valence-electron chi connectivity index (χ1n) is 5.19. The highest BCUT2D eigenvalue weighted by Crippen LogP contribution is 2.26. The van der Waals surface area contributed by atoms with Crippen molar-refractivity contribution >= 4 is 5.78 Å². The fraction of sp³-hybridized carbons (Fsp3) is 0.462. The van der Waals surface area contributed by atoms with Crippen molar-refractivity contribution < 1.29 is 9.18 Å². The largest absolute Gasteiger partial charge is 0.293 e. The molecule has 0 atom stereocenters. The Bertz CT molecular complexity index is 380. The molecule has 0 aliphatic rings. The minimum absolute atomic E-state index is 0.123. The second-order valence-electron chi connectivity index (χ2n) is 4.55. The molecule has 0 fully saturated rings. The predicted molar refractivity (Wildman–Crippen MR) is 59.5 cm³/mol. The maximum Gasteiger partial charge on any atom is 0.171 e. The summed E-state index contributed by atoms with van der Waals surface area (Å²) >= 11 is 0. The average molecular weight is 208 g/mol. The molecule has 1 nitrogen and oxygen atoms in total. The van der Waals surface area contributed by atoms with Gasteiger partial charge in [0.2, 0.25) is 0 Å². The van der Waals surface area contributed by atoms with Crippen LogP contribution in [0.15, 0.2) is 18.2 Å². The Kier molecular flexibility index (Phi) is 3.28. The van der Waals surface area contributed by atoms with Crippen molar-refractivity contribution in [3.63, 3.8) is 0 Å². The van der Waals surface area contributed by atoms with Gasteiger partial charge in [0.25, 0.3) is 0 Å². The number of carbonyl (C=O) groups excluding carboxylic acids is 1. The van der Waals surface area contributed by atoms with Gasteiger partial charge < -0.3 is 0 Å². The van der Waals surface area contributed by atoms with E-state index < -0.39 is 11.2 Å².